The van der Waals surface area contributed by atoms with Gasteiger partial charge in [-0.2, -0.15) is 0 Å². The van der Waals surface area contributed by atoms with E-state index in [0.29, 0.717) is 11.5 Å². The van der Waals surface area contributed by atoms with Gasteiger partial charge in [-0.3, -0.25) is 0 Å². The lowest BCUT2D eigenvalue weighted by molar-refractivity contribution is 0.325. The summed E-state index contributed by atoms with van der Waals surface area (Å²) in [6.07, 6.45) is 3.90. The van der Waals surface area contributed by atoms with Crippen molar-refractivity contribution in [1.82, 2.24) is 5.32 Å². The molecule has 1 unspecified atom stereocenters. The SMILES string of the molecule is CNC(C)c1ccc(N2CCCC(C)(C)CC2)cc1Br. The molecule has 0 aromatic heterocycles. The predicted octanol–water partition coefficient (Wildman–Crippen LogP) is 4.75. The van der Waals surface area contributed by atoms with E-state index in [9.17, 15) is 0 Å². The van der Waals surface area contributed by atoms with E-state index >= 15 is 0 Å². The molecule has 2 nitrogen and oxygen atoms in total. The molecule has 0 amide bonds. The first-order chi connectivity index (χ1) is 9.43. The Balaban J connectivity index is 2.15. The van der Waals surface area contributed by atoms with Gasteiger partial charge in [0.2, 0.25) is 0 Å². The Hall–Kier alpha value is -0.540. The van der Waals surface area contributed by atoms with Gasteiger partial charge in [-0.05, 0) is 56.3 Å². The summed E-state index contributed by atoms with van der Waals surface area (Å²) >= 11 is 3.73. The summed E-state index contributed by atoms with van der Waals surface area (Å²) in [6.45, 7) is 9.32. The fourth-order valence-corrected chi connectivity index (χ4v) is 3.61. The Bertz CT molecular complexity index is 456. The maximum atomic E-state index is 3.73. The van der Waals surface area contributed by atoms with Crippen LogP contribution >= 0.6 is 15.9 Å². The van der Waals surface area contributed by atoms with Crippen molar-refractivity contribution in [3.8, 4) is 0 Å². The molecule has 1 saturated heterocycles. The summed E-state index contributed by atoms with van der Waals surface area (Å²) in [5.41, 5.74) is 3.17. The molecule has 0 bridgehead atoms. The van der Waals surface area contributed by atoms with Crippen LogP contribution in [0.5, 0.6) is 0 Å². The van der Waals surface area contributed by atoms with Gasteiger partial charge >= 0.3 is 0 Å². The van der Waals surface area contributed by atoms with Crippen LogP contribution in [0, 0.1) is 5.41 Å². The topological polar surface area (TPSA) is 15.3 Å². The summed E-state index contributed by atoms with van der Waals surface area (Å²) in [5, 5.41) is 3.30. The minimum atomic E-state index is 0.376. The quantitative estimate of drug-likeness (QED) is 0.855. The van der Waals surface area contributed by atoms with Crippen molar-refractivity contribution in [3.63, 3.8) is 0 Å². The maximum absolute atomic E-state index is 3.73. The normalized spacial score (nSPS) is 20.6. The number of halogens is 1. The lowest BCUT2D eigenvalue weighted by Crippen LogP contribution is -2.25. The second-order valence-electron chi connectivity index (χ2n) is 6.72. The van der Waals surface area contributed by atoms with Crippen molar-refractivity contribution in [1.29, 1.82) is 0 Å². The summed E-state index contributed by atoms with van der Waals surface area (Å²) in [7, 11) is 2.00. The highest BCUT2D eigenvalue weighted by molar-refractivity contribution is 9.10. The van der Waals surface area contributed by atoms with Crippen LogP contribution in [0.15, 0.2) is 22.7 Å². The predicted molar refractivity (Wildman–Crippen MR) is 91.5 cm³/mol. The smallest absolute Gasteiger partial charge is 0.0377 e. The molecule has 20 heavy (non-hydrogen) atoms. The number of benzene rings is 1. The average Bonchev–Trinajstić information content (AvgIpc) is 2.59. The third-order valence-corrected chi connectivity index (χ3v) is 5.28. The summed E-state index contributed by atoms with van der Waals surface area (Å²) in [6, 6.07) is 7.17. The van der Waals surface area contributed by atoms with Crippen LogP contribution in [0.25, 0.3) is 0 Å². The average molecular weight is 339 g/mol. The molecule has 2 rings (SSSR count). The Morgan fingerprint density at radius 1 is 1.25 bits per heavy atom. The molecular formula is C17H27BrN2. The highest BCUT2D eigenvalue weighted by Crippen LogP contribution is 2.33. The summed E-state index contributed by atoms with van der Waals surface area (Å²) in [4.78, 5) is 2.54. The van der Waals surface area contributed by atoms with E-state index in [-0.39, 0.29) is 0 Å². The van der Waals surface area contributed by atoms with Crippen LogP contribution < -0.4 is 10.2 Å². The second-order valence-corrected chi connectivity index (χ2v) is 7.58. The molecule has 1 atom stereocenters. The number of rotatable bonds is 3. The van der Waals surface area contributed by atoms with Gasteiger partial charge in [0.1, 0.15) is 0 Å². The van der Waals surface area contributed by atoms with Crippen LogP contribution in [0.1, 0.15) is 51.6 Å². The van der Waals surface area contributed by atoms with Gasteiger partial charge < -0.3 is 10.2 Å². The van der Waals surface area contributed by atoms with Gasteiger partial charge in [-0.25, -0.2) is 0 Å². The highest BCUT2D eigenvalue weighted by atomic mass is 79.9. The summed E-state index contributed by atoms with van der Waals surface area (Å²) < 4.78 is 1.21. The van der Waals surface area contributed by atoms with Gasteiger partial charge in [-0.15, -0.1) is 0 Å². The molecule has 3 heteroatoms. The van der Waals surface area contributed by atoms with E-state index < -0.39 is 0 Å². The molecule has 1 N–H and O–H groups in total. The molecule has 0 radical (unpaired) electrons. The molecule has 1 fully saturated rings. The number of nitrogens with zero attached hydrogens (tertiary/aromatic N) is 1. The number of hydrogen-bond donors (Lipinski definition) is 1. The minimum absolute atomic E-state index is 0.376. The molecule has 1 aliphatic heterocycles. The Kier molecular flexibility index (Phi) is 5.14. The molecule has 112 valence electrons. The fraction of sp³-hybridized carbons (Fsp3) is 0.647. The van der Waals surface area contributed by atoms with Crippen molar-refractivity contribution in [2.45, 2.75) is 46.1 Å². The van der Waals surface area contributed by atoms with E-state index in [1.54, 1.807) is 0 Å². The highest BCUT2D eigenvalue weighted by Gasteiger charge is 2.23. The first-order valence-electron chi connectivity index (χ1n) is 7.64. The van der Waals surface area contributed by atoms with Crippen LogP contribution in [0.2, 0.25) is 0 Å². The second kappa shape index (κ2) is 6.48. The van der Waals surface area contributed by atoms with Crippen molar-refractivity contribution >= 4 is 21.6 Å². The molecule has 0 aliphatic carbocycles. The van der Waals surface area contributed by atoms with Crippen molar-refractivity contribution in [2.75, 3.05) is 25.0 Å². The summed E-state index contributed by atoms with van der Waals surface area (Å²) in [5.74, 6) is 0. The standard InChI is InChI=1S/C17H27BrN2/c1-13(19-4)15-7-6-14(12-16(15)18)20-10-5-8-17(2,3)9-11-20/h6-7,12-13,19H,5,8-11H2,1-4H3. The monoisotopic (exact) mass is 338 g/mol. The number of hydrogen-bond acceptors (Lipinski definition) is 2. The third-order valence-electron chi connectivity index (χ3n) is 4.59. The van der Waals surface area contributed by atoms with Crippen LogP contribution in [0.3, 0.4) is 0 Å². The van der Waals surface area contributed by atoms with Gasteiger partial charge in [-0.1, -0.05) is 35.8 Å². The van der Waals surface area contributed by atoms with Crippen LogP contribution in [-0.2, 0) is 0 Å². The molecule has 1 aliphatic rings. The Morgan fingerprint density at radius 3 is 2.65 bits per heavy atom. The number of nitrogens with one attached hydrogen (secondary N) is 1. The van der Waals surface area contributed by atoms with Crippen molar-refractivity contribution < 1.29 is 0 Å². The molecular weight excluding hydrogens is 312 g/mol. The molecule has 0 spiro atoms. The van der Waals surface area contributed by atoms with Crippen LogP contribution in [-0.4, -0.2) is 20.1 Å². The lowest BCUT2D eigenvalue weighted by Gasteiger charge is -2.26. The minimum Gasteiger partial charge on any atom is -0.371 e. The van der Waals surface area contributed by atoms with E-state index in [0.717, 1.165) is 0 Å². The Labute approximate surface area is 132 Å². The molecule has 1 aromatic carbocycles. The van der Waals surface area contributed by atoms with Crippen LogP contribution in [0.4, 0.5) is 5.69 Å². The molecule has 1 heterocycles. The molecule has 0 saturated carbocycles. The fourth-order valence-electron chi connectivity index (χ4n) is 2.90. The van der Waals surface area contributed by atoms with E-state index in [1.165, 1.54) is 48.1 Å². The zero-order valence-corrected chi connectivity index (χ0v) is 14.8. The molecule has 1 aromatic rings. The van der Waals surface area contributed by atoms with Crippen molar-refractivity contribution in [3.05, 3.63) is 28.2 Å². The lowest BCUT2D eigenvalue weighted by atomic mass is 9.85. The van der Waals surface area contributed by atoms with E-state index in [2.05, 4.69) is 65.1 Å². The first-order valence-corrected chi connectivity index (χ1v) is 8.44. The Morgan fingerprint density at radius 2 is 2.00 bits per heavy atom. The maximum Gasteiger partial charge on any atom is 0.0377 e. The number of anilines is 1. The van der Waals surface area contributed by atoms with E-state index in [4.69, 9.17) is 0 Å². The van der Waals surface area contributed by atoms with Gasteiger partial charge in [0.15, 0.2) is 0 Å². The zero-order valence-electron chi connectivity index (χ0n) is 13.2. The van der Waals surface area contributed by atoms with E-state index in [1.807, 2.05) is 7.05 Å². The van der Waals surface area contributed by atoms with Gasteiger partial charge in [0.05, 0.1) is 0 Å². The van der Waals surface area contributed by atoms with Gasteiger partial charge in [0.25, 0.3) is 0 Å². The zero-order chi connectivity index (χ0) is 14.8. The van der Waals surface area contributed by atoms with Crippen molar-refractivity contribution in [2.24, 2.45) is 5.41 Å². The van der Waals surface area contributed by atoms with Gasteiger partial charge in [0, 0.05) is 29.3 Å². The third kappa shape index (κ3) is 3.76. The largest absolute Gasteiger partial charge is 0.371 e. The first kappa shape index (κ1) is 15.8.